The highest BCUT2D eigenvalue weighted by Gasteiger charge is 2.03. The van der Waals surface area contributed by atoms with Gasteiger partial charge in [-0.05, 0) is 5.75 Å². The van der Waals surface area contributed by atoms with Crippen LogP contribution in [0.2, 0.25) is 0 Å². The minimum Gasteiger partial charge on any atom is -0.368 e. The van der Waals surface area contributed by atoms with E-state index in [1.54, 1.807) is 0 Å². The van der Waals surface area contributed by atoms with Crippen molar-refractivity contribution in [1.29, 1.82) is 0 Å². The zero-order valence-electron chi connectivity index (χ0n) is 6.04. The Hall–Kier alpha value is -0.840. The van der Waals surface area contributed by atoms with Gasteiger partial charge in [0.25, 0.3) is 0 Å². The average molecular weight is 173 g/mol. The van der Waals surface area contributed by atoms with E-state index in [0.717, 1.165) is 11.9 Å². The second-order valence-electron chi connectivity index (χ2n) is 1.81. The summed E-state index contributed by atoms with van der Waals surface area (Å²) in [6.07, 6.45) is 1.08. The molecule has 0 radical (unpaired) electrons. The van der Waals surface area contributed by atoms with Crippen LogP contribution in [0.5, 0.6) is 0 Å². The average Bonchev–Trinajstić information content (AvgIpc) is 1.98. The Morgan fingerprint density at radius 3 is 3.09 bits per heavy atom. The maximum Gasteiger partial charge on any atom is 0.221 e. The van der Waals surface area contributed by atoms with Gasteiger partial charge in [0, 0.05) is 0 Å². The molecule has 0 saturated heterocycles. The lowest BCUT2D eigenvalue weighted by atomic mass is 10.6. The van der Waals surface area contributed by atoms with Gasteiger partial charge in [-0.2, -0.15) is 0 Å². The molecule has 3 nitrogen and oxygen atoms in total. The van der Waals surface area contributed by atoms with Crippen LogP contribution >= 0.6 is 11.8 Å². The van der Waals surface area contributed by atoms with Crippen molar-refractivity contribution < 1.29 is 4.39 Å². The van der Waals surface area contributed by atoms with Gasteiger partial charge in [-0.25, -0.2) is 14.4 Å². The first kappa shape index (κ1) is 8.26. The van der Waals surface area contributed by atoms with Crippen molar-refractivity contribution >= 4 is 17.7 Å². The number of nitrogen functional groups attached to an aromatic ring is 1. The number of nitrogens with two attached hydrogens (primary N) is 1. The Kier molecular flexibility index (Phi) is 2.64. The summed E-state index contributed by atoms with van der Waals surface area (Å²) in [5.41, 5.74) is 5.26. The van der Waals surface area contributed by atoms with Gasteiger partial charge in [-0.1, -0.05) is 6.92 Å². The number of halogens is 1. The van der Waals surface area contributed by atoms with E-state index >= 15 is 0 Å². The van der Waals surface area contributed by atoms with Crippen LogP contribution < -0.4 is 5.73 Å². The fourth-order valence-corrected chi connectivity index (χ4v) is 1.22. The maximum atomic E-state index is 12.8. The van der Waals surface area contributed by atoms with E-state index in [4.69, 9.17) is 5.73 Å². The molecule has 0 aliphatic heterocycles. The molecule has 1 rings (SSSR count). The van der Waals surface area contributed by atoms with Gasteiger partial charge >= 0.3 is 0 Å². The highest BCUT2D eigenvalue weighted by molar-refractivity contribution is 7.99. The molecule has 0 aliphatic carbocycles. The first-order chi connectivity index (χ1) is 5.24. The highest BCUT2D eigenvalue weighted by Crippen LogP contribution is 2.17. The third-order valence-corrected chi connectivity index (χ3v) is 1.86. The molecule has 0 bridgehead atoms. The SMILES string of the molecule is CCSc1nc(N)ncc1F. The smallest absolute Gasteiger partial charge is 0.221 e. The summed E-state index contributed by atoms with van der Waals surface area (Å²) in [6, 6.07) is 0. The molecule has 1 aromatic heterocycles. The van der Waals surface area contributed by atoms with E-state index in [0.29, 0.717) is 5.03 Å². The molecule has 0 aromatic carbocycles. The zero-order valence-corrected chi connectivity index (χ0v) is 6.86. The van der Waals surface area contributed by atoms with Crippen LogP contribution in [0.3, 0.4) is 0 Å². The third-order valence-electron chi connectivity index (χ3n) is 1.01. The predicted molar refractivity (Wildman–Crippen MR) is 42.8 cm³/mol. The molecule has 60 valence electrons. The summed E-state index contributed by atoms with van der Waals surface area (Å²) in [5.74, 6) is 0.473. The Morgan fingerprint density at radius 2 is 2.45 bits per heavy atom. The van der Waals surface area contributed by atoms with Gasteiger partial charge in [-0.3, -0.25) is 0 Å². The molecule has 2 N–H and O–H groups in total. The van der Waals surface area contributed by atoms with Crippen molar-refractivity contribution in [3.8, 4) is 0 Å². The highest BCUT2D eigenvalue weighted by atomic mass is 32.2. The second kappa shape index (κ2) is 3.52. The number of thioether (sulfide) groups is 1. The third kappa shape index (κ3) is 2.04. The number of anilines is 1. The lowest BCUT2D eigenvalue weighted by Crippen LogP contribution is -1.97. The van der Waals surface area contributed by atoms with Crippen molar-refractivity contribution in [3.05, 3.63) is 12.0 Å². The number of nitrogens with zero attached hydrogens (tertiary/aromatic N) is 2. The number of hydrogen-bond donors (Lipinski definition) is 1. The fourth-order valence-electron chi connectivity index (χ4n) is 0.602. The van der Waals surface area contributed by atoms with E-state index in [-0.39, 0.29) is 5.95 Å². The molecule has 0 amide bonds. The molecule has 0 unspecified atom stereocenters. The minimum absolute atomic E-state index is 0.113. The molecule has 11 heavy (non-hydrogen) atoms. The van der Waals surface area contributed by atoms with Crippen LogP contribution in [0.4, 0.5) is 10.3 Å². The lowest BCUT2D eigenvalue weighted by Gasteiger charge is -1.98. The molecule has 5 heteroatoms. The van der Waals surface area contributed by atoms with Gasteiger partial charge in [0.15, 0.2) is 5.82 Å². The predicted octanol–water partition coefficient (Wildman–Crippen LogP) is 1.31. The van der Waals surface area contributed by atoms with Crippen LogP contribution in [0.1, 0.15) is 6.92 Å². The first-order valence-corrected chi connectivity index (χ1v) is 4.13. The first-order valence-electron chi connectivity index (χ1n) is 3.15. The van der Waals surface area contributed by atoms with Crippen LogP contribution in [-0.4, -0.2) is 15.7 Å². The molecular weight excluding hydrogens is 165 g/mol. The maximum absolute atomic E-state index is 12.8. The molecule has 1 heterocycles. The zero-order chi connectivity index (χ0) is 8.27. The fraction of sp³-hybridized carbons (Fsp3) is 0.333. The molecule has 0 saturated carbocycles. The summed E-state index contributed by atoms with van der Waals surface area (Å²) >= 11 is 1.31. The van der Waals surface area contributed by atoms with Gasteiger partial charge in [-0.15, -0.1) is 11.8 Å². The Morgan fingerprint density at radius 1 is 1.73 bits per heavy atom. The summed E-state index contributed by atoms with van der Waals surface area (Å²) in [6.45, 7) is 1.92. The van der Waals surface area contributed by atoms with Crippen LogP contribution in [-0.2, 0) is 0 Å². The summed E-state index contributed by atoms with van der Waals surface area (Å²) in [5, 5.41) is 0.319. The van der Waals surface area contributed by atoms with E-state index in [9.17, 15) is 4.39 Å². The number of aromatic nitrogens is 2. The normalized spacial score (nSPS) is 10.0. The summed E-state index contributed by atoms with van der Waals surface area (Å²) in [4.78, 5) is 7.22. The topological polar surface area (TPSA) is 51.8 Å². The standard InChI is InChI=1S/C6H8FN3S/c1-2-11-5-4(7)3-9-6(8)10-5/h3H,2H2,1H3,(H2,8,9,10). The minimum atomic E-state index is -0.411. The van der Waals surface area contributed by atoms with Gasteiger partial charge in [0.1, 0.15) is 5.03 Å². The van der Waals surface area contributed by atoms with Crippen molar-refractivity contribution in [2.45, 2.75) is 11.9 Å². The molecule has 0 spiro atoms. The summed E-state index contributed by atoms with van der Waals surface area (Å²) < 4.78 is 12.8. The van der Waals surface area contributed by atoms with E-state index in [2.05, 4.69) is 9.97 Å². The molecule has 0 atom stereocenters. The summed E-state index contributed by atoms with van der Waals surface area (Å²) in [7, 11) is 0. The van der Waals surface area contributed by atoms with Crippen molar-refractivity contribution in [2.75, 3.05) is 11.5 Å². The monoisotopic (exact) mass is 173 g/mol. The molecule has 0 fully saturated rings. The Bertz CT molecular complexity index is 254. The van der Waals surface area contributed by atoms with E-state index < -0.39 is 5.82 Å². The molecule has 1 aromatic rings. The van der Waals surface area contributed by atoms with Gasteiger partial charge in [0.2, 0.25) is 5.95 Å². The number of rotatable bonds is 2. The van der Waals surface area contributed by atoms with Crippen molar-refractivity contribution in [3.63, 3.8) is 0 Å². The van der Waals surface area contributed by atoms with Gasteiger partial charge in [0.05, 0.1) is 6.20 Å². The van der Waals surface area contributed by atoms with E-state index in [1.165, 1.54) is 11.8 Å². The Balaban J connectivity index is 2.93. The van der Waals surface area contributed by atoms with Crippen molar-refractivity contribution in [1.82, 2.24) is 9.97 Å². The van der Waals surface area contributed by atoms with Crippen molar-refractivity contribution in [2.24, 2.45) is 0 Å². The molecular formula is C6H8FN3S. The van der Waals surface area contributed by atoms with Crippen LogP contribution in [0, 0.1) is 5.82 Å². The second-order valence-corrected chi connectivity index (χ2v) is 3.07. The van der Waals surface area contributed by atoms with E-state index in [1.807, 2.05) is 6.92 Å². The lowest BCUT2D eigenvalue weighted by molar-refractivity contribution is 0.580. The quantitative estimate of drug-likeness (QED) is 0.541. The largest absolute Gasteiger partial charge is 0.368 e. The number of hydrogen-bond acceptors (Lipinski definition) is 4. The van der Waals surface area contributed by atoms with Crippen LogP contribution in [0.25, 0.3) is 0 Å². The molecule has 0 aliphatic rings. The Labute approximate surface area is 68.2 Å². The van der Waals surface area contributed by atoms with Gasteiger partial charge < -0.3 is 5.73 Å². The van der Waals surface area contributed by atoms with Crippen LogP contribution in [0.15, 0.2) is 11.2 Å².